The van der Waals surface area contributed by atoms with Crippen LogP contribution in [-0.2, 0) is 9.31 Å². The minimum Gasteiger partial charge on any atom is -0.399 e. The molecule has 0 aliphatic carbocycles. The van der Waals surface area contributed by atoms with Gasteiger partial charge in [0.15, 0.2) is 0 Å². The van der Waals surface area contributed by atoms with Crippen molar-refractivity contribution in [3.63, 3.8) is 0 Å². The Kier molecular flexibility index (Phi) is 4.15. The first-order chi connectivity index (χ1) is 11.3. The highest BCUT2D eigenvalue weighted by Crippen LogP contribution is 2.36. The third-order valence-corrected chi connectivity index (χ3v) is 4.51. The van der Waals surface area contributed by atoms with Crippen LogP contribution in [0.25, 0.3) is 0 Å². The monoisotopic (exact) mass is 325 g/mol. The van der Waals surface area contributed by atoms with Gasteiger partial charge in [-0.3, -0.25) is 9.78 Å². The Bertz CT molecular complexity index is 734. The van der Waals surface area contributed by atoms with Gasteiger partial charge in [-0.2, -0.15) is 0 Å². The third-order valence-electron chi connectivity index (χ3n) is 4.51. The maximum Gasteiger partial charge on any atom is 0.496 e. The summed E-state index contributed by atoms with van der Waals surface area (Å²) < 4.78 is 12.2. The molecule has 3 rings (SSSR count). The number of amides is 1. The van der Waals surface area contributed by atoms with Crippen molar-refractivity contribution in [1.29, 1.82) is 0 Å². The number of benzene rings is 1. The molecule has 0 unspecified atom stereocenters. The van der Waals surface area contributed by atoms with Gasteiger partial charge in [-0.1, -0.05) is 18.2 Å². The average Bonchev–Trinajstić information content (AvgIpc) is 2.76. The number of anilines is 1. The minimum absolute atomic E-state index is 0.251. The van der Waals surface area contributed by atoms with E-state index in [1.807, 2.05) is 52.0 Å². The maximum absolute atomic E-state index is 12.3. The van der Waals surface area contributed by atoms with E-state index in [9.17, 15) is 4.79 Å². The van der Waals surface area contributed by atoms with Crippen molar-refractivity contribution in [2.45, 2.75) is 38.9 Å². The molecule has 1 aromatic carbocycles. The van der Waals surface area contributed by atoms with Crippen LogP contribution in [0.15, 0.2) is 42.9 Å². The summed E-state index contributed by atoms with van der Waals surface area (Å²) in [5.74, 6) is -0.327. The zero-order chi connectivity index (χ0) is 17.4. The van der Waals surface area contributed by atoms with Gasteiger partial charge in [-0.25, -0.2) is 4.98 Å². The van der Waals surface area contributed by atoms with E-state index in [-0.39, 0.29) is 11.6 Å². The zero-order valence-electron chi connectivity index (χ0n) is 14.2. The molecule has 1 aliphatic rings. The predicted molar refractivity (Wildman–Crippen MR) is 92.1 cm³/mol. The van der Waals surface area contributed by atoms with Crippen molar-refractivity contribution in [3.8, 4) is 0 Å². The van der Waals surface area contributed by atoms with Crippen molar-refractivity contribution in [3.05, 3.63) is 48.5 Å². The molecule has 124 valence electrons. The van der Waals surface area contributed by atoms with Crippen molar-refractivity contribution in [2.75, 3.05) is 5.32 Å². The van der Waals surface area contributed by atoms with Crippen LogP contribution in [0.3, 0.4) is 0 Å². The lowest BCUT2D eigenvalue weighted by Gasteiger charge is -2.32. The first-order valence-electron chi connectivity index (χ1n) is 7.82. The smallest absolute Gasteiger partial charge is 0.399 e. The summed E-state index contributed by atoms with van der Waals surface area (Å²) in [4.78, 5) is 20.3. The van der Waals surface area contributed by atoms with Crippen LogP contribution in [0.4, 0.5) is 5.69 Å². The van der Waals surface area contributed by atoms with Crippen LogP contribution in [0.2, 0.25) is 0 Å². The highest BCUT2D eigenvalue weighted by Gasteiger charge is 2.52. The lowest BCUT2D eigenvalue weighted by molar-refractivity contribution is 0.00578. The Balaban J connectivity index is 1.86. The summed E-state index contributed by atoms with van der Waals surface area (Å²) in [6.45, 7) is 7.98. The standard InChI is InChI=1S/C17H20BN3O3/c1-16(2)17(3,4)24-18(23-16)12-7-5-6-8-13(12)21-15(22)14-11-19-9-10-20-14/h5-11H,1-4H3,(H,21,22). The fourth-order valence-corrected chi connectivity index (χ4v) is 2.39. The summed E-state index contributed by atoms with van der Waals surface area (Å²) in [7, 11) is -0.548. The second-order valence-corrected chi connectivity index (χ2v) is 6.72. The Morgan fingerprint density at radius 2 is 1.75 bits per heavy atom. The highest BCUT2D eigenvalue weighted by molar-refractivity contribution is 6.64. The summed E-state index contributed by atoms with van der Waals surface area (Å²) in [6, 6.07) is 7.43. The van der Waals surface area contributed by atoms with Crippen LogP contribution < -0.4 is 10.8 Å². The van der Waals surface area contributed by atoms with Crippen molar-refractivity contribution in [2.24, 2.45) is 0 Å². The number of nitrogens with one attached hydrogen (secondary N) is 1. The second kappa shape index (κ2) is 6.00. The molecule has 0 bridgehead atoms. The van der Waals surface area contributed by atoms with E-state index in [0.29, 0.717) is 5.69 Å². The quantitative estimate of drug-likeness (QED) is 0.874. The van der Waals surface area contributed by atoms with Gasteiger partial charge in [0.05, 0.1) is 17.4 Å². The van der Waals surface area contributed by atoms with Crippen molar-refractivity contribution < 1.29 is 14.1 Å². The number of aromatic nitrogens is 2. The summed E-state index contributed by atoms with van der Waals surface area (Å²) in [6.07, 6.45) is 4.43. The predicted octanol–water partition coefficient (Wildman–Crippen LogP) is 2.03. The fourth-order valence-electron chi connectivity index (χ4n) is 2.39. The fraction of sp³-hybridized carbons (Fsp3) is 0.353. The Morgan fingerprint density at radius 3 is 2.38 bits per heavy atom. The third kappa shape index (κ3) is 3.05. The molecule has 0 saturated carbocycles. The number of para-hydroxylation sites is 1. The van der Waals surface area contributed by atoms with Crippen LogP contribution in [0.5, 0.6) is 0 Å². The van der Waals surface area contributed by atoms with Gasteiger partial charge in [-0.05, 0) is 33.8 Å². The molecule has 7 heteroatoms. The number of hydrogen-bond donors (Lipinski definition) is 1. The molecule has 0 radical (unpaired) electrons. The number of carbonyl (C=O) groups is 1. The van der Waals surface area contributed by atoms with Gasteiger partial charge in [0.25, 0.3) is 5.91 Å². The molecule has 1 fully saturated rings. The van der Waals surface area contributed by atoms with E-state index >= 15 is 0 Å². The van der Waals surface area contributed by atoms with E-state index in [4.69, 9.17) is 9.31 Å². The van der Waals surface area contributed by atoms with Gasteiger partial charge >= 0.3 is 7.12 Å². The molecule has 0 spiro atoms. The van der Waals surface area contributed by atoms with E-state index in [2.05, 4.69) is 15.3 Å². The van der Waals surface area contributed by atoms with Crippen molar-refractivity contribution in [1.82, 2.24) is 9.97 Å². The van der Waals surface area contributed by atoms with Crippen molar-refractivity contribution >= 4 is 24.2 Å². The lowest BCUT2D eigenvalue weighted by Crippen LogP contribution is -2.41. The molecular weight excluding hydrogens is 305 g/mol. The van der Waals surface area contributed by atoms with Gasteiger partial charge in [0, 0.05) is 23.5 Å². The Hall–Kier alpha value is -2.25. The van der Waals surface area contributed by atoms with Crippen LogP contribution >= 0.6 is 0 Å². The SMILES string of the molecule is CC1(C)OB(c2ccccc2NC(=O)c2cnccn2)OC1(C)C. The normalized spacial score (nSPS) is 18.4. The van der Waals surface area contributed by atoms with E-state index < -0.39 is 18.3 Å². The number of rotatable bonds is 3. The van der Waals surface area contributed by atoms with Gasteiger partial charge < -0.3 is 14.6 Å². The zero-order valence-corrected chi connectivity index (χ0v) is 14.2. The average molecular weight is 325 g/mol. The maximum atomic E-state index is 12.3. The largest absolute Gasteiger partial charge is 0.496 e. The molecule has 1 N–H and O–H groups in total. The molecule has 2 heterocycles. The molecule has 24 heavy (non-hydrogen) atoms. The highest BCUT2D eigenvalue weighted by atomic mass is 16.7. The van der Waals surface area contributed by atoms with Gasteiger partial charge in [-0.15, -0.1) is 0 Å². The van der Waals surface area contributed by atoms with Crippen LogP contribution in [0.1, 0.15) is 38.2 Å². The molecule has 0 atom stereocenters. The van der Waals surface area contributed by atoms with Gasteiger partial charge in [0.1, 0.15) is 5.69 Å². The minimum atomic E-state index is -0.548. The summed E-state index contributed by atoms with van der Waals surface area (Å²) in [5, 5.41) is 2.86. The molecule has 1 amide bonds. The first-order valence-corrected chi connectivity index (χ1v) is 7.82. The molecular formula is C17H20BN3O3. The second-order valence-electron chi connectivity index (χ2n) is 6.72. The van der Waals surface area contributed by atoms with Crippen LogP contribution in [0, 0.1) is 0 Å². The van der Waals surface area contributed by atoms with Gasteiger partial charge in [0.2, 0.25) is 0 Å². The molecule has 1 saturated heterocycles. The number of carbonyl (C=O) groups excluding carboxylic acids is 1. The summed E-state index contributed by atoms with van der Waals surface area (Å²) >= 11 is 0. The lowest BCUT2D eigenvalue weighted by atomic mass is 9.78. The molecule has 2 aromatic rings. The topological polar surface area (TPSA) is 73.3 Å². The Labute approximate surface area is 141 Å². The molecule has 1 aromatic heterocycles. The van der Waals surface area contributed by atoms with E-state index in [0.717, 1.165) is 5.46 Å². The van der Waals surface area contributed by atoms with E-state index in [1.54, 1.807) is 0 Å². The van der Waals surface area contributed by atoms with Crippen LogP contribution in [-0.4, -0.2) is 34.2 Å². The summed E-state index contributed by atoms with van der Waals surface area (Å²) in [5.41, 5.74) is 0.764. The molecule has 1 aliphatic heterocycles. The molecule has 6 nitrogen and oxygen atoms in total. The number of nitrogens with zero attached hydrogens (tertiary/aromatic N) is 2. The number of hydrogen-bond acceptors (Lipinski definition) is 5. The van der Waals surface area contributed by atoms with E-state index in [1.165, 1.54) is 18.6 Å². The Morgan fingerprint density at radius 1 is 1.08 bits per heavy atom. The first kappa shape index (κ1) is 16.6.